The monoisotopic (exact) mass is 567 g/mol. The minimum Gasteiger partial charge on any atom is -0.462 e. The SMILES string of the molecule is CN1CCC[C@H]1COc1nc2c(c(N3CCN(C(=O)[C@H]4CN4)[C@@H](CC#N)C3)n1)CCN(c1cccc3ccncc13)C2. The Hall–Kier alpha value is -4.01. The number of likely N-dealkylation sites (N-methyl/N-ethyl adjacent to an activating group) is 1. The molecule has 11 nitrogen and oxygen atoms in total. The Morgan fingerprint density at radius 2 is 2.05 bits per heavy atom. The van der Waals surface area contributed by atoms with Gasteiger partial charge < -0.3 is 29.7 Å². The molecule has 3 fully saturated rings. The highest BCUT2D eigenvalue weighted by atomic mass is 16.5. The molecule has 0 spiro atoms. The molecule has 6 heterocycles. The Balaban J connectivity index is 1.20. The van der Waals surface area contributed by atoms with Crippen LogP contribution in [-0.2, 0) is 17.8 Å². The quantitative estimate of drug-likeness (QED) is 0.424. The molecule has 0 saturated carbocycles. The highest BCUT2D eigenvalue weighted by molar-refractivity contribution is 5.93. The number of carbonyl (C=O) groups excluding carboxylic acids is 1. The van der Waals surface area contributed by atoms with E-state index in [1.54, 1.807) is 0 Å². The molecule has 1 amide bonds. The molecule has 42 heavy (non-hydrogen) atoms. The number of aromatic nitrogens is 3. The van der Waals surface area contributed by atoms with Crippen LogP contribution in [0.5, 0.6) is 6.01 Å². The molecule has 3 aromatic rings. The van der Waals surface area contributed by atoms with Gasteiger partial charge in [0.15, 0.2) is 0 Å². The van der Waals surface area contributed by atoms with Crippen LogP contribution < -0.4 is 19.9 Å². The Morgan fingerprint density at radius 1 is 1.14 bits per heavy atom. The van der Waals surface area contributed by atoms with Crippen molar-refractivity contribution in [1.29, 1.82) is 5.26 Å². The van der Waals surface area contributed by atoms with Gasteiger partial charge in [-0.3, -0.25) is 9.78 Å². The smallest absolute Gasteiger partial charge is 0.318 e. The van der Waals surface area contributed by atoms with Crippen LogP contribution in [0, 0.1) is 11.3 Å². The number of piperazine rings is 1. The van der Waals surface area contributed by atoms with Crippen molar-refractivity contribution in [2.24, 2.45) is 0 Å². The predicted octanol–water partition coefficient (Wildman–Crippen LogP) is 1.96. The standard InChI is InChI=1S/C31H37N9O2/c1-37-12-3-5-23(37)20-42-31-35-27-19-38(28-6-2-4-21-8-11-33-16-25(21)28)13-9-24(27)29(36-31)39-14-15-40(22(18-39)7-10-32)30(41)26-17-34-26/h2,4,6,8,11,16,22-23,26,34H,3,5,7,9,12-15,17-20H2,1H3/t22-,23-,26+/m0/s1. The second-order valence-corrected chi connectivity index (χ2v) is 11.8. The normalized spacial score (nSPS) is 24.0. The number of fused-ring (bicyclic) bond motifs is 2. The predicted molar refractivity (Wildman–Crippen MR) is 159 cm³/mol. The molecular weight excluding hydrogens is 530 g/mol. The Kier molecular flexibility index (Phi) is 7.25. The maximum atomic E-state index is 13.0. The van der Waals surface area contributed by atoms with Gasteiger partial charge in [-0.05, 0) is 50.4 Å². The van der Waals surface area contributed by atoms with Gasteiger partial charge in [0.05, 0.1) is 36.8 Å². The van der Waals surface area contributed by atoms with E-state index in [9.17, 15) is 10.1 Å². The molecule has 4 aliphatic heterocycles. The number of amides is 1. The van der Waals surface area contributed by atoms with E-state index in [0.717, 1.165) is 60.6 Å². The highest BCUT2D eigenvalue weighted by Gasteiger charge is 2.39. The number of carbonyl (C=O) groups is 1. The lowest BCUT2D eigenvalue weighted by molar-refractivity contribution is -0.133. The number of nitriles is 1. The zero-order valence-corrected chi connectivity index (χ0v) is 24.1. The number of pyridine rings is 1. The molecule has 3 atom stereocenters. The fourth-order valence-corrected chi connectivity index (χ4v) is 6.71. The summed E-state index contributed by atoms with van der Waals surface area (Å²) in [6, 6.07) is 11.2. The third-order valence-corrected chi connectivity index (χ3v) is 9.20. The molecular formula is C31H37N9O2. The Morgan fingerprint density at radius 3 is 2.86 bits per heavy atom. The zero-order chi connectivity index (χ0) is 28.6. The van der Waals surface area contributed by atoms with Crippen molar-refractivity contribution in [2.75, 3.05) is 62.7 Å². The number of likely N-dealkylation sites (tertiary alicyclic amines) is 1. The Bertz CT molecular complexity index is 1510. The summed E-state index contributed by atoms with van der Waals surface area (Å²) in [5.41, 5.74) is 3.25. The number of benzene rings is 1. The number of ether oxygens (including phenoxy) is 1. The molecule has 2 aromatic heterocycles. The van der Waals surface area contributed by atoms with Crippen LogP contribution in [0.15, 0.2) is 36.7 Å². The topological polar surface area (TPSA) is 124 Å². The summed E-state index contributed by atoms with van der Waals surface area (Å²) in [4.78, 5) is 36.2. The molecule has 0 bridgehead atoms. The van der Waals surface area contributed by atoms with Gasteiger partial charge in [0.1, 0.15) is 12.4 Å². The van der Waals surface area contributed by atoms with E-state index < -0.39 is 0 Å². The van der Waals surface area contributed by atoms with E-state index in [2.05, 4.69) is 56.3 Å². The molecule has 1 N–H and O–H groups in total. The van der Waals surface area contributed by atoms with Gasteiger partial charge in [0.2, 0.25) is 5.91 Å². The van der Waals surface area contributed by atoms with Gasteiger partial charge in [0, 0.05) is 67.8 Å². The van der Waals surface area contributed by atoms with Crippen molar-refractivity contribution in [3.8, 4) is 12.1 Å². The third kappa shape index (κ3) is 5.21. The van der Waals surface area contributed by atoms with Crippen LogP contribution in [0.1, 0.15) is 30.5 Å². The van der Waals surface area contributed by atoms with Crippen LogP contribution in [-0.4, -0.2) is 102 Å². The zero-order valence-electron chi connectivity index (χ0n) is 24.1. The molecule has 218 valence electrons. The number of nitrogens with one attached hydrogen (secondary N) is 1. The van der Waals surface area contributed by atoms with Gasteiger partial charge in [-0.25, -0.2) is 0 Å². The van der Waals surface area contributed by atoms with Crippen molar-refractivity contribution in [2.45, 2.75) is 50.4 Å². The largest absolute Gasteiger partial charge is 0.462 e. The molecule has 0 unspecified atom stereocenters. The van der Waals surface area contributed by atoms with E-state index in [1.165, 1.54) is 11.8 Å². The molecule has 4 aliphatic rings. The number of hydrogen-bond acceptors (Lipinski definition) is 10. The van der Waals surface area contributed by atoms with Gasteiger partial charge in [0.25, 0.3) is 0 Å². The van der Waals surface area contributed by atoms with Crippen LogP contribution in [0.25, 0.3) is 10.8 Å². The number of anilines is 2. The summed E-state index contributed by atoms with van der Waals surface area (Å²) < 4.78 is 6.30. The second kappa shape index (κ2) is 11.3. The molecule has 3 saturated heterocycles. The van der Waals surface area contributed by atoms with Gasteiger partial charge in [-0.1, -0.05) is 12.1 Å². The minimum atomic E-state index is -0.177. The maximum absolute atomic E-state index is 13.0. The molecule has 0 radical (unpaired) electrons. The van der Waals surface area contributed by atoms with E-state index in [-0.39, 0.29) is 18.0 Å². The summed E-state index contributed by atoms with van der Waals surface area (Å²) in [5, 5.41) is 15.0. The number of nitrogens with zero attached hydrogens (tertiary/aromatic N) is 8. The van der Waals surface area contributed by atoms with E-state index in [4.69, 9.17) is 14.7 Å². The first-order valence-electron chi connectivity index (χ1n) is 15.1. The average molecular weight is 568 g/mol. The lowest BCUT2D eigenvalue weighted by atomic mass is 10.0. The van der Waals surface area contributed by atoms with Crippen molar-refractivity contribution < 1.29 is 9.53 Å². The molecule has 0 aliphatic carbocycles. The van der Waals surface area contributed by atoms with Crippen molar-refractivity contribution in [1.82, 2.24) is 30.1 Å². The summed E-state index contributed by atoms with van der Waals surface area (Å²) in [6.45, 7) is 5.63. The van der Waals surface area contributed by atoms with Crippen LogP contribution in [0.2, 0.25) is 0 Å². The number of hydrogen-bond donors (Lipinski definition) is 1. The van der Waals surface area contributed by atoms with Gasteiger partial charge >= 0.3 is 6.01 Å². The summed E-state index contributed by atoms with van der Waals surface area (Å²) in [6.07, 6.45) is 7.14. The Labute approximate surface area is 246 Å². The summed E-state index contributed by atoms with van der Waals surface area (Å²) >= 11 is 0. The van der Waals surface area contributed by atoms with Gasteiger partial charge in [-0.2, -0.15) is 15.2 Å². The van der Waals surface area contributed by atoms with Crippen LogP contribution in [0.3, 0.4) is 0 Å². The first kappa shape index (κ1) is 26.9. The highest BCUT2D eigenvalue weighted by Crippen LogP contribution is 2.35. The third-order valence-electron chi connectivity index (χ3n) is 9.20. The maximum Gasteiger partial charge on any atom is 0.318 e. The first-order valence-corrected chi connectivity index (χ1v) is 15.1. The fourth-order valence-electron chi connectivity index (χ4n) is 6.71. The lowest BCUT2D eigenvalue weighted by Gasteiger charge is -2.42. The van der Waals surface area contributed by atoms with Crippen molar-refractivity contribution >= 4 is 28.2 Å². The molecule has 11 heteroatoms. The van der Waals surface area contributed by atoms with E-state index >= 15 is 0 Å². The van der Waals surface area contributed by atoms with E-state index in [1.807, 2.05) is 23.4 Å². The fraction of sp³-hybridized carbons (Fsp3) is 0.516. The van der Waals surface area contributed by atoms with Crippen molar-refractivity contribution in [3.05, 3.63) is 47.9 Å². The lowest BCUT2D eigenvalue weighted by Crippen LogP contribution is -2.57. The van der Waals surface area contributed by atoms with Crippen LogP contribution >= 0.6 is 0 Å². The molecule has 1 aromatic carbocycles. The second-order valence-electron chi connectivity index (χ2n) is 11.8. The van der Waals surface area contributed by atoms with Gasteiger partial charge in [-0.15, -0.1) is 0 Å². The first-order chi connectivity index (χ1) is 20.6. The summed E-state index contributed by atoms with van der Waals surface area (Å²) in [7, 11) is 2.14. The van der Waals surface area contributed by atoms with E-state index in [0.29, 0.717) is 51.3 Å². The number of rotatable bonds is 7. The molecule has 7 rings (SSSR count). The summed E-state index contributed by atoms with van der Waals surface area (Å²) in [5.74, 6) is 0.984. The average Bonchev–Trinajstić information content (AvgIpc) is 3.80. The van der Waals surface area contributed by atoms with Crippen molar-refractivity contribution in [3.63, 3.8) is 0 Å². The minimum absolute atomic E-state index is 0.101. The van der Waals surface area contributed by atoms with Crippen LogP contribution in [0.4, 0.5) is 11.5 Å².